The van der Waals surface area contributed by atoms with Crippen LogP contribution >= 0.6 is 0 Å². The van der Waals surface area contributed by atoms with Crippen molar-refractivity contribution in [3.8, 4) is 5.75 Å². The van der Waals surface area contributed by atoms with Crippen molar-refractivity contribution in [3.63, 3.8) is 0 Å². The largest absolute Gasteiger partial charge is 0.480 e. The maximum atomic E-state index is 13.0. The summed E-state index contributed by atoms with van der Waals surface area (Å²) in [6.07, 6.45) is -0.0872. The van der Waals surface area contributed by atoms with Gasteiger partial charge in [0.2, 0.25) is 10.0 Å². The third-order valence-electron chi connectivity index (χ3n) is 4.95. The van der Waals surface area contributed by atoms with Gasteiger partial charge in [-0.05, 0) is 23.3 Å². The minimum Gasteiger partial charge on any atom is -0.480 e. The van der Waals surface area contributed by atoms with Crippen LogP contribution in [-0.4, -0.2) is 51.0 Å². The Bertz CT molecular complexity index is 945. The van der Waals surface area contributed by atoms with E-state index in [2.05, 4.69) is 5.32 Å². The van der Waals surface area contributed by atoms with Crippen molar-refractivity contribution in [2.45, 2.75) is 24.0 Å². The molecule has 2 heterocycles. The zero-order valence-electron chi connectivity index (χ0n) is 15.3. The Kier molecular flexibility index (Phi) is 5.34. The van der Waals surface area contributed by atoms with Crippen LogP contribution in [0.25, 0.3) is 0 Å². The molecule has 0 aliphatic carbocycles. The van der Waals surface area contributed by atoms with Crippen molar-refractivity contribution in [2.75, 3.05) is 26.3 Å². The number of nitrogens with one attached hydrogen (secondary N) is 1. The van der Waals surface area contributed by atoms with Gasteiger partial charge in [0.05, 0.1) is 18.1 Å². The number of nitrogens with zero attached hydrogens (tertiary/aromatic N) is 1. The molecule has 2 aliphatic rings. The number of carbonyl (C=O) groups excluding carboxylic acids is 1. The van der Waals surface area contributed by atoms with Crippen LogP contribution in [0.3, 0.4) is 0 Å². The lowest BCUT2D eigenvalue weighted by atomic mass is 10.1. The molecular weight excluding hydrogens is 380 g/mol. The number of benzene rings is 2. The quantitative estimate of drug-likeness (QED) is 0.816. The van der Waals surface area contributed by atoms with Gasteiger partial charge in [0.15, 0.2) is 6.10 Å². The molecule has 2 aromatic rings. The molecule has 0 bridgehead atoms. The normalized spacial score (nSPS) is 19.6. The summed E-state index contributed by atoms with van der Waals surface area (Å²) in [5.41, 5.74) is 1.55. The number of fused-ring (bicyclic) bond motifs is 1. The van der Waals surface area contributed by atoms with E-state index in [9.17, 15) is 13.2 Å². The average molecular weight is 402 g/mol. The third kappa shape index (κ3) is 3.76. The Labute approximate surface area is 164 Å². The molecule has 0 aromatic heterocycles. The lowest BCUT2D eigenvalue weighted by molar-refractivity contribution is -0.127. The molecule has 7 nitrogen and oxygen atoms in total. The Hall–Kier alpha value is -2.42. The second-order valence-corrected chi connectivity index (χ2v) is 8.67. The lowest BCUT2D eigenvalue weighted by Gasteiger charge is -2.27. The van der Waals surface area contributed by atoms with Crippen LogP contribution in [0.5, 0.6) is 5.75 Å². The Morgan fingerprint density at radius 3 is 2.57 bits per heavy atom. The number of ether oxygens (including phenoxy) is 2. The molecule has 2 aromatic carbocycles. The van der Waals surface area contributed by atoms with E-state index in [1.807, 2.05) is 24.3 Å². The third-order valence-corrected chi connectivity index (χ3v) is 6.95. The first-order valence-electron chi connectivity index (χ1n) is 9.24. The molecule has 28 heavy (non-hydrogen) atoms. The van der Waals surface area contributed by atoms with Crippen molar-refractivity contribution in [1.82, 2.24) is 9.62 Å². The van der Waals surface area contributed by atoms with Gasteiger partial charge in [-0.1, -0.05) is 36.4 Å². The molecule has 1 atom stereocenters. The summed E-state index contributed by atoms with van der Waals surface area (Å²) in [6, 6.07) is 14.3. The maximum absolute atomic E-state index is 13.0. The van der Waals surface area contributed by atoms with Gasteiger partial charge in [0.1, 0.15) is 5.75 Å². The fraction of sp³-hybridized carbons (Fsp3) is 0.350. The van der Waals surface area contributed by atoms with E-state index in [0.29, 0.717) is 38.3 Å². The molecule has 1 N–H and O–H groups in total. The molecule has 0 radical (unpaired) electrons. The highest BCUT2D eigenvalue weighted by molar-refractivity contribution is 7.89. The second-order valence-electron chi connectivity index (χ2n) is 6.76. The van der Waals surface area contributed by atoms with Crippen molar-refractivity contribution in [1.29, 1.82) is 0 Å². The number of hydrogen-bond acceptors (Lipinski definition) is 5. The van der Waals surface area contributed by atoms with Crippen molar-refractivity contribution in [2.24, 2.45) is 0 Å². The Balaban J connectivity index is 1.45. The van der Waals surface area contributed by atoms with Gasteiger partial charge in [0, 0.05) is 26.1 Å². The molecular formula is C20H22N2O5S. The Morgan fingerprint density at radius 1 is 1.07 bits per heavy atom. The van der Waals surface area contributed by atoms with Crippen LogP contribution in [0.1, 0.15) is 11.1 Å². The minimum absolute atomic E-state index is 0.120. The first kappa shape index (κ1) is 18.9. The second kappa shape index (κ2) is 7.90. The van der Waals surface area contributed by atoms with Gasteiger partial charge < -0.3 is 14.8 Å². The van der Waals surface area contributed by atoms with E-state index in [1.54, 1.807) is 24.3 Å². The maximum Gasteiger partial charge on any atom is 0.261 e. The van der Waals surface area contributed by atoms with Crippen molar-refractivity contribution in [3.05, 3.63) is 59.7 Å². The molecule has 2 aliphatic heterocycles. The first-order chi connectivity index (χ1) is 13.6. The number of sulfonamides is 1. The van der Waals surface area contributed by atoms with Crippen LogP contribution in [0.4, 0.5) is 0 Å². The number of rotatable bonds is 5. The topological polar surface area (TPSA) is 84.9 Å². The van der Waals surface area contributed by atoms with Gasteiger partial charge in [-0.2, -0.15) is 4.31 Å². The molecule has 1 amide bonds. The lowest BCUT2D eigenvalue weighted by Crippen LogP contribution is -2.41. The average Bonchev–Trinajstić information content (AvgIpc) is 3.17. The van der Waals surface area contributed by atoms with E-state index >= 15 is 0 Å². The molecule has 0 saturated carbocycles. The zero-order valence-corrected chi connectivity index (χ0v) is 16.2. The molecule has 4 rings (SSSR count). The van der Waals surface area contributed by atoms with Gasteiger partial charge in [-0.15, -0.1) is 0 Å². The standard InChI is InChI=1S/C20H22N2O5S/c23-20(18-13-15-5-1-3-7-17(15)27-18)21-14-16-6-2-4-8-19(16)28(24,25)22-9-11-26-12-10-22/h1-8,18H,9-14H2,(H,21,23)/t18-/m0/s1. The monoisotopic (exact) mass is 402 g/mol. The highest BCUT2D eigenvalue weighted by Gasteiger charge is 2.30. The van der Waals surface area contributed by atoms with Crippen LogP contribution in [-0.2, 0) is 32.5 Å². The SMILES string of the molecule is O=C(NCc1ccccc1S(=O)(=O)N1CCOCC1)[C@@H]1Cc2ccccc2O1. The molecule has 148 valence electrons. The highest BCUT2D eigenvalue weighted by Crippen LogP contribution is 2.28. The minimum atomic E-state index is -3.63. The molecule has 1 saturated heterocycles. The summed E-state index contributed by atoms with van der Waals surface area (Å²) in [4.78, 5) is 12.8. The van der Waals surface area contributed by atoms with E-state index in [4.69, 9.17) is 9.47 Å². The summed E-state index contributed by atoms with van der Waals surface area (Å²) in [5.74, 6) is 0.465. The molecule has 8 heteroatoms. The summed E-state index contributed by atoms with van der Waals surface area (Å²) in [7, 11) is -3.63. The van der Waals surface area contributed by atoms with Crippen LogP contribution in [0.15, 0.2) is 53.4 Å². The highest BCUT2D eigenvalue weighted by atomic mass is 32.2. The summed E-state index contributed by atoms with van der Waals surface area (Å²) in [5, 5.41) is 2.82. The summed E-state index contributed by atoms with van der Waals surface area (Å²) in [6.45, 7) is 1.55. The van der Waals surface area contributed by atoms with E-state index in [0.717, 1.165) is 11.3 Å². The van der Waals surface area contributed by atoms with Gasteiger partial charge in [0.25, 0.3) is 5.91 Å². The fourth-order valence-electron chi connectivity index (χ4n) is 3.45. The summed E-state index contributed by atoms with van der Waals surface area (Å²) >= 11 is 0. The van der Waals surface area contributed by atoms with E-state index in [-0.39, 0.29) is 17.3 Å². The van der Waals surface area contributed by atoms with E-state index < -0.39 is 16.1 Å². The van der Waals surface area contributed by atoms with Gasteiger partial charge in [-0.25, -0.2) is 8.42 Å². The van der Waals surface area contributed by atoms with Gasteiger partial charge in [-0.3, -0.25) is 4.79 Å². The first-order valence-corrected chi connectivity index (χ1v) is 10.7. The molecule has 1 fully saturated rings. The van der Waals surface area contributed by atoms with Crippen LogP contribution in [0.2, 0.25) is 0 Å². The van der Waals surface area contributed by atoms with Crippen molar-refractivity contribution < 1.29 is 22.7 Å². The molecule has 0 unspecified atom stereocenters. The molecule has 0 spiro atoms. The van der Waals surface area contributed by atoms with Crippen LogP contribution in [0, 0.1) is 0 Å². The Morgan fingerprint density at radius 2 is 1.79 bits per heavy atom. The smallest absolute Gasteiger partial charge is 0.261 e. The summed E-state index contributed by atoms with van der Waals surface area (Å²) < 4.78 is 38.3. The number of morpholine rings is 1. The van der Waals surface area contributed by atoms with Crippen molar-refractivity contribution >= 4 is 15.9 Å². The predicted octanol–water partition coefficient (Wildman–Crippen LogP) is 1.33. The number of hydrogen-bond donors (Lipinski definition) is 1. The number of amides is 1. The van der Waals surface area contributed by atoms with Crippen LogP contribution < -0.4 is 10.1 Å². The predicted molar refractivity (Wildman–Crippen MR) is 102 cm³/mol. The number of para-hydroxylation sites is 1. The van der Waals surface area contributed by atoms with Gasteiger partial charge >= 0.3 is 0 Å². The fourth-order valence-corrected chi connectivity index (χ4v) is 5.08. The number of carbonyl (C=O) groups is 1. The van der Waals surface area contributed by atoms with E-state index in [1.165, 1.54) is 4.31 Å². The zero-order chi connectivity index (χ0) is 19.6.